The van der Waals surface area contributed by atoms with Crippen LogP contribution in [0.3, 0.4) is 0 Å². The average molecular weight is 405 g/mol. The van der Waals surface area contributed by atoms with Gasteiger partial charge in [0.2, 0.25) is 0 Å². The Balaban J connectivity index is 1.98. The Kier molecular flexibility index (Phi) is 7.44. The maximum absolute atomic E-state index is 12.7. The van der Waals surface area contributed by atoms with E-state index in [1.807, 2.05) is 60.7 Å². The molecule has 1 heterocycles. The largest absolute Gasteiger partial charge is 0.463 e. The van der Waals surface area contributed by atoms with Crippen molar-refractivity contribution in [1.29, 1.82) is 0 Å². The first-order valence-corrected chi connectivity index (χ1v) is 10.3. The van der Waals surface area contributed by atoms with Crippen LogP contribution in [0.4, 0.5) is 0 Å². The van der Waals surface area contributed by atoms with E-state index in [1.54, 1.807) is 13.8 Å². The number of allylic oxidation sites excluding steroid dienone is 2. The van der Waals surface area contributed by atoms with Gasteiger partial charge >= 0.3 is 11.9 Å². The summed E-state index contributed by atoms with van der Waals surface area (Å²) in [5.41, 5.74) is 4.61. The molecule has 0 bridgehead atoms. The van der Waals surface area contributed by atoms with Crippen LogP contribution in [0.15, 0.2) is 83.2 Å². The Bertz CT molecular complexity index is 868. The van der Waals surface area contributed by atoms with Gasteiger partial charge in [0.15, 0.2) is 0 Å². The zero-order chi connectivity index (χ0) is 21.3. The highest BCUT2D eigenvalue weighted by Crippen LogP contribution is 2.29. The number of esters is 2. The van der Waals surface area contributed by atoms with Gasteiger partial charge in [0.05, 0.1) is 24.4 Å². The van der Waals surface area contributed by atoms with Gasteiger partial charge in [-0.2, -0.15) is 0 Å². The van der Waals surface area contributed by atoms with Crippen molar-refractivity contribution in [3.8, 4) is 0 Å². The van der Waals surface area contributed by atoms with E-state index >= 15 is 0 Å². The van der Waals surface area contributed by atoms with Gasteiger partial charge in [0.1, 0.15) is 0 Å². The molecule has 1 aliphatic rings. The lowest BCUT2D eigenvalue weighted by Gasteiger charge is -2.26. The Morgan fingerprint density at radius 2 is 1.13 bits per heavy atom. The molecule has 0 atom stereocenters. The fourth-order valence-corrected chi connectivity index (χ4v) is 3.45. The van der Waals surface area contributed by atoms with Crippen LogP contribution in [0, 0.1) is 0 Å². The van der Waals surface area contributed by atoms with Crippen LogP contribution in [0.5, 0.6) is 0 Å². The van der Waals surface area contributed by atoms with E-state index in [0.29, 0.717) is 24.0 Å². The summed E-state index contributed by atoms with van der Waals surface area (Å²) in [7, 11) is 0. The van der Waals surface area contributed by atoms with Crippen LogP contribution in [0.25, 0.3) is 0 Å². The lowest BCUT2D eigenvalue weighted by atomic mass is 9.92. The molecule has 0 saturated carbocycles. The quantitative estimate of drug-likeness (QED) is 0.670. The molecule has 2 aromatic carbocycles. The van der Waals surface area contributed by atoms with Crippen molar-refractivity contribution in [2.45, 2.75) is 33.1 Å². The van der Waals surface area contributed by atoms with Gasteiger partial charge in [-0.05, 0) is 25.0 Å². The van der Waals surface area contributed by atoms with Crippen molar-refractivity contribution in [2.24, 2.45) is 0 Å². The van der Waals surface area contributed by atoms with E-state index in [-0.39, 0.29) is 19.6 Å². The first-order chi connectivity index (χ1) is 14.6. The SMILES string of the molecule is CCOC(=O)C1=C(Cc2ccccc2)NC(Cc2ccccc2)=C(C(=O)OCC)C1. The summed E-state index contributed by atoms with van der Waals surface area (Å²) >= 11 is 0. The number of nitrogens with one attached hydrogen (secondary N) is 1. The van der Waals surface area contributed by atoms with Crippen molar-refractivity contribution in [3.05, 3.63) is 94.3 Å². The first-order valence-electron chi connectivity index (χ1n) is 10.3. The first kappa shape index (κ1) is 21.4. The minimum atomic E-state index is -0.406. The smallest absolute Gasteiger partial charge is 0.336 e. The summed E-state index contributed by atoms with van der Waals surface area (Å²) in [6.07, 6.45) is 1.28. The highest BCUT2D eigenvalue weighted by atomic mass is 16.5. The Morgan fingerprint density at radius 3 is 1.50 bits per heavy atom. The van der Waals surface area contributed by atoms with Gasteiger partial charge in [0.25, 0.3) is 0 Å². The third-order valence-corrected chi connectivity index (χ3v) is 4.87. The zero-order valence-electron chi connectivity index (χ0n) is 17.4. The Hall–Kier alpha value is -3.34. The number of ether oxygens (including phenoxy) is 2. The van der Waals surface area contributed by atoms with Crippen LogP contribution in [-0.2, 0) is 31.9 Å². The molecule has 0 amide bonds. The standard InChI is InChI=1S/C25H27NO4/c1-3-29-24(27)20-17-21(25(28)30-4-2)23(16-19-13-9-6-10-14-19)26-22(20)15-18-11-7-5-8-12-18/h5-14,26H,3-4,15-17H2,1-2H3. The van der Waals surface area contributed by atoms with E-state index in [0.717, 1.165) is 22.5 Å². The predicted molar refractivity (Wildman–Crippen MR) is 115 cm³/mol. The van der Waals surface area contributed by atoms with Crippen molar-refractivity contribution >= 4 is 11.9 Å². The number of dihydropyridines is 1. The van der Waals surface area contributed by atoms with E-state index in [4.69, 9.17) is 9.47 Å². The van der Waals surface area contributed by atoms with Crippen LogP contribution < -0.4 is 5.32 Å². The summed E-state index contributed by atoms with van der Waals surface area (Å²) in [5, 5.41) is 3.39. The minimum Gasteiger partial charge on any atom is -0.463 e. The topological polar surface area (TPSA) is 64.6 Å². The number of benzene rings is 2. The second kappa shape index (κ2) is 10.4. The molecule has 0 fully saturated rings. The molecule has 5 nitrogen and oxygen atoms in total. The zero-order valence-corrected chi connectivity index (χ0v) is 17.4. The third-order valence-electron chi connectivity index (χ3n) is 4.87. The molecule has 1 N–H and O–H groups in total. The number of carbonyl (C=O) groups excluding carboxylic acids is 2. The molecule has 30 heavy (non-hydrogen) atoms. The van der Waals surface area contributed by atoms with E-state index < -0.39 is 11.9 Å². The number of rotatable bonds is 8. The van der Waals surface area contributed by atoms with Gasteiger partial charge in [-0.15, -0.1) is 0 Å². The lowest BCUT2D eigenvalue weighted by Crippen LogP contribution is -2.30. The molecule has 0 spiro atoms. The van der Waals surface area contributed by atoms with Gasteiger partial charge in [-0.3, -0.25) is 0 Å². The maximum atomic E-state index is 12.7. The maximum Gasteiger partial charge on any atom is 0.336 e. The van der Waals surface area contributed by atoms with Gasteiger partial charge in [-0.25, -0.2) is 9.59 Å². The molecule has 0 saturated heterocycles. The van der Waals surface area contributed by atoms with Gasteiger partial charge in [-0.1, -0.05) is 60.7 Å². The van der Waals surface area contributed by atoms with Crippen molar-refractivity contribution in [2.75, 3.05) is 13.2 Å². The molecule has 0 aliphatic carbocycles. The predicted octanol–water partition coefficient (Wildman–Crippen LogP) is 4.10. The summed E-state index contributed by atoms with van der Waals surface area (Å²) in [4.78, 5) is 25.4. The Labute approximate surface area is 177 Å². The van der Waals surface area contributed by atoms with Crippen molar-refractivity contribution in [1.82, 2.24) is 5.32 Å². The number of hydrogen-bond donors (Lipinski definition) is 1. The highest BCUT2D eigenvalue weighted by molar-refractivity contribution is 5.96. The van der Waals surface area contributed by atoms with Crippen LogP contribution in [-0.4, -0.2) is 25.2 Å². The van der Waals surface area contributed by atoms with E-state index in [2.05, 4.69) is 5.32 Å². The lowest BCUT2D eigenvalue weighted by molar-refractivity contribution is -0.139. The van der Waals surface area contributed by atoms with E-state index in [1.165, 1.54) is 0 Å². The molecule has 0 unspecified atom stereocenters. The molecule has 2 aromatic rings. The summed E-state index contributed by atoms with van der Waals surface area (Å²) in [6.45, 7) is 4.09. The molecule has 3 rings (SSSR count). The Morgan fingerprint density at radius 1 is 0.733 bits per heavy atom. The van der Waals surface area contributed by atoms with Crippen molar-refractivity contribution < 1.29 is 19.1 Å². The summed E-state index contributed by atoms with van der Waals surface area (Å²) in [5.74, 6) is -0.812. The summed E-state index contributed by atoms with van der Waals surface area (Å²) in [6, 6.07) is 19.8. The second-order valence-corrected chi connectivity index (χ2v) is 6.98. The fourth-order valence-electron chi connectivity index (χ4n) is 3.45. The molecule has 0 aromatic heterocycles. The van der Waals surface area contributed by atoms with Crippen molar-refractivity contribution in [3.63, 3.8) is 0 Å². The second-order valence-electron chi connectivity index (χ2n) is 6.98. The fraction of sp³-hybridized carbons (Fsp3) is 0.280. The monoisotopic (exact) mass is 405 g/mol. The van der Waals surface area contributed by atoms with Gasteiger partial charge < -0.3 is 14.8 Å². The van der Waals surface area contributed by atoms with E-state index in [9.17, 15) is 9.59 Å². The van der Waals surface area contributed by atoms with Crippen LogP contribution >= 0.6 is 0 Å². The highest BCUT2D eigenvalue weighted by Gasteiger charge is 2.29. The molecule has 156 valence electrons. The average Bonchev–Trinajstić information content (AvgIpc) is 2.75. The normalized spacial score (nSPS) is 13.7. The molecule has 1 aliphatic heterocycles. The van der Waals surface area contributed by atoms with Crippen LogP contribution in [0.1, 0.15) is 31.4 Å². The third kappa shape index (κ3) is 5.38. The minimum absolute atomic E-state index is 0.189. The van der Waals surface area contributed by atoms with Crippen LogP contribution in [0.2, 0.25) is 0 Å². The number of hydrogen-bond acceptors (Lipinski definition) is 5. The summed E-state index contributed by atoms with van der Waals surface area (Å²) < 4.78 is 10.6. The molecular weight excluding hydrogens is 378 g/mol. The molecule has 0 radical (unpaired) electrons. The molecule has 5 heteroatoms. The number of carbonyl (C=O) groups is 2. The molecular formula is C25H27NO4. The van der Waals surface area contributed by atoms with Gasteiger partial charge in [0, 0.05) is 30.7 Å².